The van der Waals surface area contributed by atoms with E-state index in [1.165, 1.54) is 12.1 Å². The van der Waals surface area contributed by atoms with E-state index in [1.807, 2.05) is 6.07 Å². The van der Waals surface area contributed by atoms with Crippen LogP contribution in [0, 0.1) is 5.82 Å². The minimum atomic E-state index is -0.362. The molecule has 0 aliphatic carbocycles. The van der Waals surface area contributed by atoms with Crippen LogP contribution >= 0.6 is 0 Å². The summed E-state index contributed by atoms with van der Waals surface area (Å²) in [5.74, 6) is 0.387. The van der Waals surface area contributed by atoms with Crippen molar-refractivity contribution in [3.05, 3.63) is 94.8 Å². The molecule has 0 saturated heterocycles. The Bertz CT molecular complexity index is 1130. The Morgan fingerprint density at radius 1 is 0.821 bits per heavy atom. The van der Waals surface area contributed by atoms with Gasteiger partial charge in [0.2, 0.25) is 0 Å². The lowest BCUT2D eigenvalue weighted by Crippen LogP contribution is -2.36. The third-order valence-electron chi connectivity index (χ3n) is 4.77. The van der Waals surface area contributed by atoms with Gasteiger partial charge in [0, 0.05) is 5.56 Å². The highest BCUT2D eigenvalue weighted by Gasteiger charge is 2.40. The van der Waals surface area contributed by atoms with Crippen LogP contribution in [0.2, 0.25) is 0 Å². The number of fused-ring (bicyclic) bond motifs is 2. The molecule has 0 radical (unpaired) electrons. The molecule has 0 aromatic heterocycles. The van der Waals surface area contributed by atoms with E-state index >= 15 is 0 Å². The van der Waals surface area contributed by atoms with Gasteiger partial charge in [0.05, 0.1) is 17.7 Å². The Balaban J connectivity index is 1.44. The second-order valence-corrected chi connectivity index (χ2v) is 6.51. The average Bonchev–Trinajstić information content (AvgIpc) is 3.22. The summed E-state index contributed by atoms with van der Waals surface area (Å²) in [6, 6.07) is 17.8. The van der Waals surface area contributed by atoms with Crippen molar-refractivity contribution in [3.63, 3.8) is 0 Å². The standard InChI is InChI=1S/C22H13FN2O3/c23-14-5-7-15(8-6-14)28-16-9-10-17-13(11-16)12-24-20(17)25-21(26)18-3-1-2-4-19(18)22(25)27/h1-11H,12H2. The number of imide groups is 1. The van der Waals surface area contributed by atoms with Gasteiger partial charge in [-0.2, -0.15) is 0 Å². The number of benzene rings is 3. The highest BCUT2D eigenvalue weighted by Crippen LogP contribution is 2.32. The number of ether oxygens (including phenoxy) is 1. The molecule has 2 heterocycles. The van der Waals surface area contributed by atoms with Crippen molar-refractivity contribution in [1.82, 2.24) is 4.90 Å². The van der Waals surface area contributed by atoms with Crippen molar-refractivity contribution in [1.29, 1.82) is 0 Å². The van der Waals surface area contributed by atoms with Crippen molar-refractivity contribution in [2.45, 2.75) is 6.54 Å². The average molecular weight is 372 g/mol. The largest absolute Gasteiger partial charge is 0.457 e. The highest BCUT2D eigenvalue weighted by molar-refractivity contribution is 6.32. The summed E-state index contributed by atoms with van der Waals surface area (Å²) in [4.78, 5) is 31.0. The molecule has 6 heteroatoms. The first-order valence-corrected chi connectivity index (χ1v) is 8.71. The van der Waals surface area contributed by atoms with E-state index in [0.29, 0.717) is 35.0 Å². The number of hydrogen-bond acceptors (Lipinski definition) is 4. The van der Waals surface area contributed by atoms with Crippen LogP contribution in [0.15, 0.2) is 71.7 Å². The Morgan fingerprint density at radius 3 is 2.14 bits per heavy atom. The molecule has 5 nitrogen and oxygen atoms in total. The molecular formula is C22H13FN2O3. The SMILES string of the molecule is O=C1c2ccccc2C(=O)N1C1=NCc2cc(Oc3ccc(F)cc3)ccc21. The molecule has 0 bridgehead atoms. The first-order chi connectivity index (χ1) is 13.6. The third kappa shape index (κ3) is 2.50. The molecule has 0 spiro atoms. The first kappa shape index (κ1) is 16.4. The van der Waals surface area contributed by atoms with Gasteiger partial charge >= 0.3 is 0 Å². The smallest absolute Gasteiger partial charge is 0.267 e. The zero-order chi connectivity index (χ0) is 19.3. The minimum Gasteiger partial charge on any atom is -0.457 e. The Labute approximate surface area is 159 Å². The summed E-state index contributed by atoms with van der Waals surface area (Å²) < 4.78 is 18.8. The van der Waals surface area contributed by atoms with Crippen LogP contribution in [0.1, 0.15) is 31.8 Å². The molecule has 2 aliphatic heterocycles. The molecule has 28 heavy (non-hydrogen) atoms. The number of rotatable bonds is 2. The number of nitrogens with zero attached hydrogens (tertiary/aromatic N) is 2. The molecule has 0 N–H and O–H groups in total. The van der Waals surface area contributed by atoms with E-state index in [9.17, 15) is 14.0 Å². The molecule has 2 aliphatic rings. The van der Waals surface area contributed by atoms with Crippen LogP contribution in [0.25, 0.3) is 0 Å². The topological polar surface area (TPSA) is 59.0 Å². The van der Waals surface area contributed by atoms with Crippen molar-refractivity contribution < 1.29 is 18.7 Å². The molecule has 0 atom stereocenters. The molecule has 2 amide bonds. The van der Waals surface area contributed by atoms with Gasteiger partial charge in [-0.05, 0) is 60.2 Å². The Kier molecular flexibility index (Phi) is 3.58. The van der Waals surface area contributed by atoms with Crippen molar-refractivity contribution >= 4 is 17.6 Å². The first-order valence-electron chi connectivity index (χ1n) is 8.71. The molecule has 3 aromatic rings. The number of halogens is 1. The van der Waals surface area contributed by atoms with Crippen LogP contribution in [0.4, 0.5) is 4.39 Å². The van der Waals surface area contributed by atoms with E-state index < -0.39 is 0 Å². The van der Waals surface area contributed by atoms with Gasteiger partial charge in [0.1, 0.15) is 23.2 Å². The van der Waals surface area contributed by atoms with Gasteiger partial charge in [-0.3, -0.25) is 14.6 Å². The third-order valence-corrected chi connectivity index (χ3v) is 4.77. The summed E-state index contributed by atoms with van der Waals surface area (Å²) >= 11 is 0. The van der Waals surface area contributed by atoms with Gasteiger partial charge in [0.15, 0.2) is 0 Å². The summed E-state index contributed by atoms with van der Waals surface area (Å²) in [6.07, 6.45) is 0. The van der Waals surface area contributed by atoms with Crippen LogP contribution in [0.5, 0.6) is 11.5 Å². The van der Waals surface area contributed by atoms with Crippen LogP contribution in [-0.4, -0.2) is 22.5 Å². The molecule has 0 saturated carbocycles. The number of carbonyl (C=O) groups excluding carboxylic acids is 2. The molecule has 0 fully saturated rings. The maximum Gasteiger partial charge on any atom is 0.267 e. The van der Waals surface area contributed by atoms with E-state index in [-0.39, 0.29) is 17.6 Å². The lowest BCUT2D eigenvalue weighted by molar-refractivity contribution is 0.0749. The molecule has 5 rings (SSSR count). The highest BCUT2D eigenvalue weighted by atomic mass is 19.1. The Morgan fingerprint density at radius 2 is 1.46 bits per heavy atom. The van der Waals surface area contributed by atoms with Crippen molar-refractivity contribution in [2.24, 2.45) is 4.99 Å². The normalized spacial score (nSPS) is 14.8. The van der Waals surface area contributed by atoms with Crippen molar-refractivity contribution in [3.8, 4) is 11.5 Å². The van der Waals surface area contributed by atoms with Gasteiger partial charge in [-0.1, -0.05) is 12.1 Å². The monoisotopic (exact) mass is 372 g/mol. The van der Waals surface area contributed by atoms with E-state index in [2.05, 4.69) is 4.99 Å². The maximum absolute atomic E-state index is 13.0. The fourth-order valence-corrected chi connectivity index (χ4v) is 3.44. The lowest BCUT2D eigenvalue weighted by atomic mass is 10.1. The number of carbonyl (C=O) groups is 2. The fraction of sp³-hybridized carbons (Fsp3) is 0.0455. The molecule has 0 unspecified atom stereocenters. The number of amides is 2. The van der Waals surface area contributed by atoms with Gasteiger partial charge in [0.25, 0.3) is 11.8 Å². The minimum absolute atomic E-state index is 0.333. The second-order valence-electron chi connectivity index (χ2n) is 6.51. The van der Waals surface area contributed by atoms with Gasteiger partial charge in [-0.15, -0.1) is 0 Å². The molecule has 3 aromatic carbocycles. The van der Waals surface area contributed by atoms with Crippen LogP contribution in [0.3, 0.4) is 0 Å². The lowest BCUT2D eigenvalue weighted by Gasteiger charge is -2.15. The summed E-state index contributed by atoms with van der Waals surface area (Å²) in [6.45, 7) is 0.346. The molecule has 136 valence electrons. The quantitative estimate of drug-likeness (QED) is 0.634. The van der Waals surface area contributed by atoms with Crippen molar-refractivity contribution in [2.75, 3.05) is 0 Å². The summed E-state index contributed by atoms with van der Waals surface area (Å²) in [5, 5.41) is 0. The zero-order valence-electron chi connectivity index (χ0n) is 14.6. The predicted octanol–water partition coefficient (Wildman–Crippen LogP) is 4.17. The van der Waals surface area contributed by atoms with Crippen LogP contribution < -0.4 is 4.74 Å². The summed E-state index contributed by atoms with van der Waals surface area (Å²) in [5.41, 5.74) is 2.35. The van der Waals surface area contributed by atoms with Crippen LogP contribution in [-0.2, 0) is 6.54 Å². The van der Waals surface area contributed by atoms with Gasteiger partial charge in [-0.25, -0.2) is 9.29 Å². The van der Waals surface area contributed by atoms with E-state index in [1.54, 1.807) is 48.5 Å². The van der Waals surface area contributed by atoms with Gasteiger partial charge < -0.3 is 4.74 Å². The number of aliphatic imine (C=N–C) groups is 1. The Hall–Kier alpha value is -3.80. The molecular weight excluding hydrogens is 359 g/mol. The second kappa shape index (κ2) is 6.13. The van der Waals surface area contributed by atoms with E-state index in [0.717, 1.165) is 16.0 Å². The summed E-state index contributed by atoms with van der Waals surface area (Å²) in [7, 11) is 0. The number of hydrogen-bond donors (Lipinski definition) is 0. The predicted molar refractivity (Wildman–Crippen MR) is 100 cm³/mol. The zero-order valence-corrected chi connectivity index (χ0v) is 14.6. The van der Waals surface area contributed by atoms with E-state index in [4.69, 9.17) is 4.74 Å². The number of amidine groups is 1. The fourth-order valence-electron chi connectivity index (χ4n) is 3.44. The maximum atomic E-state index is 13.0.